The molecule has 0 amide bonds. The van der Waals surface area contributed by atoms with Crippen molar-refractivity contribution < 1.29 is 5.11 Å². The third-order valence-corrected chi connectivity index (χ3v) is 1.47. The van der Waals surface area contributed by atoms with Crippen LogP contribution in [0.25, 0.3) is 0 Å². The maximum atomic E-state index is 9.08. The topological polar surface area (TPSA) is 20.2 Å². The third-order valence-electron chi connectivity index (χ3n) is 0.761. The average Bonchev–Trinajstić information content (AvgIpc) is 1.59. The molecule has 0 spiro atoms. The molecule has 0 aromatic rings. The van der Waals surface area contributed by atoms with Crippen LogP contribution in [0.3, 0.4) is 0 Å². The van der Waals surface area contributed by atoms with Gasteiger partial charge in [0, 0.05) is 9.52 Å². The van der Waals surface area contributed by atoms with Crippen molar-refractivity contribution in [3.63, 3.8) is 0 Å². The Bertz CT molecular complexity index is 81.0. The minimum Gasteiger partial charge on any atom is -0.386 e. The van der Waals surface area contributed by atoms with Crippen LogP contribution in [-0.2, 0) is 0 Å². The first-order chi connectivity index (χ1) is 3.56. The van der Waals surface area contributed by atoms with Gasteiger partial charge in [0.15, 0.2) is 0 Å². The van der Waals surface area contributed by atoms with E-state index in [1.165, 1.54) is 0 Å². The predicted molar refractivity (Wildman–Crippen MR) is 39.8 cm³/mol. The molecule has 0 rings (SSSR count). The monoisotopic (exact) mass is 130 g/mol. The average molecular weight is 130 g/mol. The molecule has 1 nitrogen and oxygen atoms in total. The van der Waals surface area contributed by atoms with Gasteiger partial charge in [0.2, 0.25) is 0 Å². The molecular formula is C6H14OSi. The summed E-state index contributed by atoms with van der Waals surface area (Å²) in [5.41, 5.74) is 1.50. The van der Waals surface area contributed by atoms with Gasteiger partial charge in [-0.3, -0.25) is 0 Å². The summed E-state index contributed by atoms with van der Waals surface area (Å²) in [5.74, 6) is 0. The molecule has 0 aliphatic heterocycles. The molecule has 0 aromatic carbocycles. The highest BCUT2D eigenvalue weighted by atomic mass is 28.2. The molecule has 0 saturated heterocycles. The molecule has 0 aliphatic carbocycles. The van der Waals surface area contributed by atoms with Crippen molar-refractivity contribution in [3.05, 3.63) is 11.8 Å². The van der Waals surface area contributed by atoms with E-state index in [0.29, 0.717) is 0 Å². The normalized spacial score (nSPS) is 14.5. The SMILES string of the molecule is C[SiH2]/C=C/C(C)(C)O. The molecule has 0 aromatic heterocycles. The summed E-state index contributed by atoms with van der Waals surface area (Å²) in [5, 5.41) is 9.08. The number of aliphatic hydroxyl groups is 1. The second kappa shape index (κ2) is 3.05. The molecule has 0 radical (unpaired) electrons. The summed E-state index contributed by atoms with van der Waals surface area (Å²) in [7, 11) is -0.00638. The third kappa shape index (κ3) is 5.92. The van der Waals surface area contributed by atoms with Crippen LogP contribution in [-0.4, -0.2) is 20.2 Å². The summed E-state index contributed by atoms with van der Waals surface area (Å²) in [4.78, 5) is 0. The Balaban J connectivity index is 3.52. The molecule has 48 valence electrons. The highest BCUT2D eigenvalue weighted by molar-refractivity contribution is 6.40. The lowest BCUT2D eigenvalue weighted by Crippen LogP contribution is -2.13. The zero-order valence-electron chi connectivity index (χ0n) is 5.81. The summed E-state index contributed by atoms with van der Waals surface area (Å²) in [6, 6.07) is 0. The van der Waals surface area contributed by atoms with E-state index < -0.39 is 5.60 Å². The summed E-state index contributed by atoms with van der Waals surface area (Å²) < 4.78 is 0. The van der Waals surface area contributed by atoms with Gasteiger partial charge in [-0.15, -0.1) is 5.70 Å². The van der Waals surface area contributed by atoms with Gasteiger partial charge in [0.05, 0.1) is 5.60 Å². The molecule has 0 atom stereocenters. The highest BCUT2D eigenvalue weighted by Gasteiger charge is 2.03. The quantitative estimate of drug-likeness (QED) is 0.539. The molecule has 1 N–H and O–H groups in total. The Morgan fingerprint density at radius 1 is 1.50 bits per heavy atom. The van der Waals surface area contributed by atoms with Crippen molar-refractivity contribution in [1.82, 2.24) is 0 Å². The van der Waals surface area contributed by atoms with Crippen LogP contribution in [0.2, 0.25) is 6.55 Å². The molecule has 0 fully saturated rings. The first-order valence-electron chi connectivity index (χ1n) is 2.96. The van der Waals surface area contributed by atoms with Gasteiger partial charge in [-0.05, 0) is 13.8 Å². The minimum absolute atomic E-state index is 0.00638. The van der Waals surface area contributed by atoms with Crippen LogP contribution in [0, 0.1) is 0 Å². The molecule has 2 heteroatoms. The highest BCUT2D eigenvalue weighted by Crippen LogP contribution is 2.00. The Kier molecular flexibility index (Phi) is 3.01. The lowest BCUT2D eigenvalue weighted by Gasteiger charge is -2.09. The smallest absolute Gasteiger partial charge is 0.0767 e. The maximum Gasteiger partial charge on any atom is 0.0767 e. The van der Waals surface area contributed by atoms with E-state index in [4.69, 9.17) is 5.11 Å². The van der Waals surface area contributed by atoms with E-state index in [1.54, 1.807) is 13.8 Å². The maximum absolute atomic E-state index is 9.08. The van der Waals surface area contributed by atoms with Gasteiger partial charge in [-0.25, -0.2) is 0 Å². The zero-order valence-corrected chi connectivity index (χ0v) is 7.22. The first kappa shape index (κ1) is 7.92. The van der Waals surface area contributed by atoms with Gasteiger partial charge in [0.1, 0.15) is 0 Å². The van der Waals surface area contributed by atoms with Crippen molar-refractivity contribution in [2.75, 3.05) is 0 Å². The van der Waals surface area contributed by atoms with Crippen molar-refractivity contribution in [2.24, 2.45) is 0 Å². The van der Waals surface area contributed by atoms with Gasteiger partial charge in [-0.2, -0.15) is 0 Å². The summed E-state index contributed by atoms with van der Waals surface area (Å²) in [6.07, 6.45) is 1.86. The molecule has 0 unspecified atom stereocenters. The molecule has 0 saturated carbocycles. The Hall–Kier alpha value is -0.0831. The van der Waals surface area contributed by atoms with Gasteiger partial charge in [0.25, 0.3) is 0 Å². The van der Waals surface area contributed by atoms with Gasteiger partial charge < -0.3 is 5.11 Å². The van der Waals surface area contributed by atoms with Crippen LogP contribution in [0.1, 0.15) is 13.8 Å². The van der Waals surface area contributed by atoms with Crippen LogP contribution in [0.4, 0.5) is 0 Å². The van der Waals surface area contributed by atoms with Crippen LogP contribution in [0.15, 0.2) is 11.8 Å². The Morgan fingerprint density at radius 2 is 2.00 bits per heavy atom. The van der Waals surface area contributed by atoms with Crippen molar-refractivity contribution in [3.8, 4) is 0 Å². The molecular weight excluding hydrogens is 116 g/mol. The molecule has 0 aliphatic rings. The van der Waals surface area contributed by atoms with Crippen LogP contribution in [0.5, 0.6) is 0 Å². The molecule has 0 bridgehead atoms. The Labute approximate surface area is 53.2 Å². The number of hydrogen-bond acceptors (Lipinski definition) is 1. The minimum atomic E-state index is -0.594. The summed E-state index contributed by atoms with van der Waals surface area (Å²) in [6.45, 7) is 5.75. The van der Waals surface area contributed by atoms with Gasteiger partial charge >= 0.3 is 0 Å². The fourth-order valence-electron chi connectivity index (χ4n) is 0.406. The lowest BCUT2D eigenvalue weighted by molar-refractivity contribution is 0.133. The van der Waals surface area contributed by atoms with Crippen LogP contribution < -0.4 is 0 Å². The van der Waals surface area contributed by atoms with E-state index >= 15 is 0 Å². The second-order valence-corrected chi connectivity index (χ2v) is 3.75. The standard InChI is InChI=1S/C6H14OSi/c1-6(2,7)4-5-8-3/h4-5,7H,8H2,1-3H3/b5-4+. The largest absolute Gasteiger partial charge is 0.386 e. The number of rotatable bonds is 2. The van der Waals surface area contributed by atoms with E-state index in [0.717, 1.165) is 0 Å². The Morgan fingerprint density at radius 3 is 2.12 bits per heavy atom. The van der Waals surface area contributed by atoms with Gasteiger partial charge in [-0.1, -0.05) is 12.6 Å². The van der Waals surface area contributed by atoms with E-state index in [2.05, 4.69) is 12.2 Å². The summed E-state index contributed by atoms with van der Waals surface area (Å²) >= 11 is 0. The van der Waals surface area contributed by atoms with Crippen molar-refractivity contribution in [2.45, 2.75) is 26.0 Å². The van der Waals surface area contributed by atoms with Crippen molar-refractivity contribution >= 4 is 9.52 Å². The van der Waals surface area contributed by atoms with Crippen LogP contribution >= 0.6 is 0 Å². The fourth-order valence-corrected chi connectivity index (χ4v) is 1.22. The zero-order chi connectivity index (χ0) is 6.62. The van der Waals surface area contributed by atoms with E-state index in [1.807, 2.05) is 6.08 Å². The fraction of sp³-hybridized carbons (Fsp3) is 0.667. The van der Waals surface area contributed by atoms with Crippen molar-refractivity contribution in [1.29, 1.82) is 0 Å². The second-order valence-electron chi connectivity index (χ2n) is 2.46. The predicted octanol–water partition coefficient (Wildman–Crippen LogP) is 0.488. The first-order valence-corrected chi connectivity index (χ1v) is 5.19. The number of hydrogen-bond donors (Lipinski definition) is 1. The lowest BCUT2D eigenvalue weighted by atomic mass is 10.1. The molecule has 0 heterocycles. The van der Waals surface area contributed by atoms with E-state index in [-0.39, 0.29) is 9.52 Å². The molecule has 8 heavy (non-hydrogen) atoms. The van der Waals surface area contributed by atoms with E-state index in [9.17, 15) is 0 Å².